The molecule has 3 rings (SSSR count). The van der Waals surface area contributed by atoms with Crippen molar-refractivity contribution in [3.05, 3.63) is 83.2 Å². The van der Waals surface area contributed by atoms with E-state index in [1.165, 1.54) is 6.07 Å². The maximum atomic E-state index is 13.6. The molecule has 0 fully saturated rings. The Hall–Kier alpha value is -2.42. The second kappa shape index (κ2) is 6.60. The van der Waals surface area contributed by atoms with E-state index in [2.05, 4.69) is 6.58 Å². The van der Waals surface area contributed by atoms with Crippen molar-refractivity contribution in [2.75, 3.05) is 0 Å². The Bertz CT molecular complexity index is 767. The highest BCUT2D eigenvalue weighted by atomic mass is 19.1. The lowest BCUT2D eigenvalue weighted by Gasteiger charge is -2.39. The van der Waals surface area contributed by atoms with Crippen LogP contribution in [-0.4, -0.2) is 5.97 Å². The second-order valence-corrected chi connectivity index (χ2v) is 6.48. The highest BCUT2D eigenvalue weighted by Crippen LogP contribution is 2.41. The summed E-state index contributed by atoms with van der Waals surface area (Å²) in [5.41, 5.74) is 2.53. The van der Waals surface area contributed by atoms with Gasteiger partial charge in [0.1, 0.15) is 11.4 Å². The summed E-state index contributed by atoms with van der Waals surface area (Å²) >= 11 is 0. The van der Waals surface area contributed by atoms with E-state index in [0.29, 0.717) is 12.0 Å². The van der Waals surface area contributed by atoms with Gasteiger partial charge in [-0.2, -0.15) is 0 Å². The quantitative estimate of drug-likeness (QED) is 0.601. The van der Waals surface area contributed by atoms with Crippen LogP contribution in [0.4, 0.5) is 4.39 Å². The molecule has 1 aliphatic rings. The van der Waals surface area contributed by atoms with Crippen LogP contribution in [0.5, 0.6) is 0 Å². The number of carbonyl (C=O) groups is 1. The average Bonchev–Trinajstić information content (AvgIpc) is 2.55. The van der Waals surface area contributed by atoms with Gasteiger partial charge in [0.2, 0.25) is 0 Å². The number of carbonyl (C=O) groups excluding carboxylic acids is 1. The van der Waals surface area contributed by atoms with Crippen LogP contribution in [0.25, 0.3) is 0 Å². The SMILES string of the molecule is C=C(C)C(=O)OC1(Cc2ccccc2)CCCc2cc(F)ccc21. The van der Waals surface area contributed by atoms with Crippen molar-refractivity contribution in [2.45, 2.75) is 38.2 Å². The number of halogens is 1. The first-order valence-corrected chi connectivity index (χ1v) is 8.22. The standard InChI is InChI=1S/C21H21FO2/c1-15(2)20(23)24-21(14-16-7-4-3-5-8-16)12-6-9-17-13-18(22)10-11-19(17)21/h3-5,7-8,10-11,13H,1,6,9,12,14H2,2H3. The van der Waals surface area contributed by atoms with Gasteiger partial charge in [0.25, 0.3) is 0 Å². The van der Waals surface area contributed by atoms with Crippen LogP contribution in [0.2, 0.25) is 0 Å². The fraction of sp³-hybridized carbons (Fsp3) is 0.286. The summed E-state index contributed by atoms with van der Waals surface area (Å²) in [6, 6.07) is 14.7. The van der Waals surface area contributed by atoms with E-state index in [9.17, 15) is 9.18 Å². The molecule has 2 aromatic rings. The second-order valence-electron chi connectivity index (χ2n) is 6.48. The number of rotatable bonds is 4. The lowest BCUT2D eigenvalue weighted by molar-refractivity contribution is -0.158. The molecule has 124 valence electrons. The van der Waals surface area contributed by atoms with Crippen molar-refractivity contribution < 1.29 is 13.9 Å². The number of fused-ring (bicyclic) bond motifs is 1. The van der Waals surface area contributed by atoms with Gasteiger partial charge in [0, 0.05) is 12.0 Å². The van der Waals surface area contributed by atoms with Crippen LogP contribution < -0.4 is 0 Å². The number of benzene rings is 2. The molecule has 2 nitrogen and oxygen atoms in total. The third-order valence-electron chi connectivity index (χ3n) is 4.55. The van der Waals surface area contributed by atoms with Gasteiger partial charge in [-0.1, -0.05) is 43.0 Å². The number of ether oxygens (including phenoxy) is 1. The van der Waals surface area contributed by atoms with Crippen molar-refractivity contribution in [2.24, 2.45) is 0 Å². The van der Waals surface area contributed by atoms with Crippen LogP contribution in [0.1, 0.15) is 36.5 Å². The minimum absolute atomic E-state index is 0.254. The first kappa shape index (κ1) is 16.4. The number of hydrogen-bond donors (Lipinski definition) is 0. The molecule has 24 heavy (non-hydrogen) atoms. The van der Waals surface area contributed by atoms with Crippen molar-refractivity contribution in [1.82, 2.24) is 0 Å². The molecule has 0 bridgehead atoms. The molecule has 1 atom stereocenters. The van der Waals surface area contributed by atoms with E-state index in [4.69, 9.17) is 4.74 Å². The van der Waals surface area contributed by atoms with Crippen LogP contribution in [0, 0.1) is 5.82 Å². The first-order valence-electron chi connectivity index (χ1n) is 8.22. The third-order valence-corrected chi connectivity index (χ3v) is 4.55. The monoisotopic (exact) mass is 324 g/mol. The molecule has 0 saturated heterocycles. The lowest BCUT2D eigenvalue weighted by Crippen LogP contribution is -2.38. The Morgan fingerprint density at radius 3 is 2.71 bits per heavy atom. The summed E-state index contributed by atoms with van der Waals surface area (Å²) in [6.45, 7) is 5.34. The summed E-state index contributed by atoms with van der Waals surface area (Å²) in [4.78, 5) is 12.3. The third kappa shape index (κ3) is 3.25. The van der Waals surface area contributed by atoms with Crippen molar-refractivity contribution in [3.63, 3.8) is 0 Å². The van der Waals surface area contributed by atoms with Crippen LogP contribution >= 0.6 is 0 Å². The molecule has 1 unspecified atom stereocenters. The van der Waals surface area contributed by atoms with Crippen LogP contribution in [0.15, 0.2) is 60.7 Å². The fourth-order valence-corrected chi connectivity index (χ4v) is 3.43. The Kier molecular flexibility index (Phi) is 4.52. The smallest absolute Gasteiger partial charge is 0.334 e. The minimum atomic E-state index is -0.765. The summed E-state index contributed by atoms with van der Waals surface area (Å²) < 4.78 is 19.6. The molecule has 3 heteroatoms. The molecule has 0 aromatic heterocycles. The zero-order valence-electron chi connectivity index (χ0n) is 13.8. The summed E-state index contributed by atoms with van der Waals surface area (Å²) in [5, 5.41) is 0. The maximum absolute atomic E-state index is 13.6. The molecule has 0 radical (unpaired) electrons. The summed E-state index contributed by atoms with van der Waals surface area (Å²) in [5.74, 6) is -0.654. The van der Waals surface area contributed by atoms with Crippen LogP contribution in [-0.2, 0) is 28.0 Å². The molecule has 0 heterocycles. The molecular formula is C21H21FO2. The zero-order valence-corrected chi connectivity index (χ0v) is 13.8. The van der Waals surface area contributed by atoms with Crippen molar-refractivity contribution >= 4 is 5.97 Å². The van der Waals surface area contributed by atoms with Crippen molar-refractivity contribution in [3.8, 4) is 0 Å². The van der Waals surface area contributed by atoms with Gasteiger partial charge in [-0.25, -0.2) is 9.18 Å². The van der Waals surface area contributed by atoms with Gasteiger partial charge in [0.05, 0.1) is 0 Å². The van der Waals surface area contributed by atoms with E-state index in [1.54, 1.807) is 19.1 Å². The number of hydrogen-bond acceptors (Lipinski definition) is 2. The summed E-state index contributed by atoms with van der Waals surface area (Å²) in [6.07, 6.45) is 2.95. The largest absolute Gasteiger partial charge is 0.450 e. The fourth-order valence-electron chi connectivity index (χ4n) is 3.43. The maximum Gasteiger partial charge on any atom is 0.334 e. The van der Waals surface area contributed by atoms with E-state index in [0.717, 1.165) is 36.0 Å². The van der Waals surface area contributed by atoms with Gasteiger partial charge in [-0.05, 0) is 55.0 Å². The highest BCUT2D eigenvalue weighted by Gasteiger charge is 2.40. The number of esters is 1. The van der Waals surface area contributed by atoms with Gasteiger partial charge < -0.3 is 4.74 Å². The predicted octanol–water partition coefficient (Wildman–Crippen LogP) is 4.72. The van der Waals surface area contributed by atoms with Gasteiger partial charge in [0.15, 0.2) is 0 Å². The minimum Gasteiger partial charge on any atom is -0.450 e. The molecular weight excluding hydrogens is 303 g/mol. The molecule has 0 saturated carbocycles. The highest BCUT2D eigenvalue weighted by molar-refractivity contribution is 5.87. The van der Waals surface area contributed by atoms with Gasteiger partial charge in [-0.3, -0.25) is 0 Å². The van der Waals surface area contributed by atoms with Crippen molar-refractivity contribution in [1.29, 1.82) is 0 Å². The lowest BCUT2D eigenvalue weighted by atomic mass is 9.75. The molecule has 0 N–H and O–H groups in total. The van der Waals surface area contributed by atoms with E-state index >= 15 is 0 Å². The zero-order chi connectivity index (χ0) is 17.2. The Balaban J connectivity index is 2.06. The predicted molar refractivity (Wildman–Crippen MR) is 92.1 cm³/mol. The molecule has 0 aliphatic heterocycles. The Morgan fingerprint density at radius 2 is 2.00 bits per heavy atom. The van der Waals surface area contributed by atoms with Gasteiger partial charge in [-0.15, -0.1) is 0 Å². The average molecular weight is 324 g/mol. The van der Waals surface area contributed by atoms with Crippen LogP contribution in [0.3, 0.4) is 0 Å². The van der Waals surface area contributed by atoms with Gasteiger partial charge >= 0.3 is 5.97 Å². The molecule has 2 aromatic carbocycles. The normalized spacial score (nSPS) is 19.4. The van der Waals surface area contributed by atoms with E-state index < -0.39 is 11.6 Å². The molecule has 0 amide bonds. The van der Waals surface area contributed by atoms with E-state index in [-0.39, 0.29) is 5.82 Å². The Morgan fingerprint density at radius 1 is 1.25 bits per heavy atom. The summed E-state index contributed by atoms with van der Waals surface area (Å²) in [7, 11) is 0. The number of aryl methyl sites for hydroxylation is 1. The first-order chi connectivity index (χ1) is 11.5. The molecule has 1 aliphatic carbocycles. The molecule has 0 spiro atoms. The Labute approximate surface area is 142 Å². The topological polar surface area (TPSA) is 26.3 Å². The van der Waals surface area contributed by atoms with E-state index in [1.807, 2.05) is 30.3 Å².